The number of para-hydroxylation sites is 1. The largest absolute Gasteiger partial charge is 0.478 e. The van der Waals surface area contributed by atoms with Gasteiger partial charge in [-0.2, -0.15) is 5.26 Å². The maximum Gasteiger partial charge on any atom is 0.340 e. The fraction of sp³-hybridized carbons (Fsp3) is 0. The molecule has 0 saturated heterocycles. The molecule has 0 bridgehead atoms. The van der Waals surface area contributed by atoms with Crippen LogP contribution in [-0.2, 0) is 0 Å². The number of carboxylic acid groups (broad SMARTS) is 1. The summed E-state index contributed by atoms with van der Waals surface area (Å²) < 4.78 is 13.3. The highest BCUT2D eigenvalue weighted by atomic mass is 19.1. The van der Waals surface area contributed by atoms with Gasteiger partial charge in [0.2, 0.25) is 0 Å². The van der Waals surface area contributed by atoms with E-state index in [9.17, 15) is 9.18 Å². The van der Waals surface area contributed by atoms with Crippen molar-refractivity contribution < 1.29 is 14.3 Å². The molecule has 0 aliphatic rings. The van der Waals surface area contributed by atoms with Crippen LogP contribution in [0.4, 0.5) is 21.5 Å². The molecule has 0 aliphatic carbocycles. The summed E-state index contributed by atoms with van der Waals surface area (Å²) in [7, 11) is 0. The third kappa shape index (κ3) is 2.37. The average Bonchev–Trinajstić information content (AvgIpc) is 2.43. The predicted molar refractivity (Wildman–Crippen MR) is 72.2 cm³/mol. The lowest BCUT2D eigenvalue weighted by Crippen LogP contribution is -2.09. The topological polar surface area (TPSA) is 99.1 Å². The molecule has 4 N–H and O–H groups in total. The Morgan fingerprint density at radius 1 is 1.25 bits per heavy atom. The summed E-state index contributed by atoms with van der Waals surface area (Å²) in [6, 6.07) is 10.9. The minimum Gasteiger partial charge on any atom is -0.478 e. The van der Waals surface area contributed by atoms with Gasteiger partial charge in [0.15, 0.2) is 0 Å². The van der Waals surface area contributed by atoms with E-state index in [1.807, 2.05) is 6.07 Å². The van der Waals surface area contributed by atoms with E-state index in [0.29, 0.717) is 11.3 Å². The number of carboxylic acids is 1. The summed E-state index contributed by atoms with van der Waals surface area (Å²) in [4.78, 5) is 11.2. The third-order valence-corrected chi connectivity index (χ3v) is 2.72. The quantitative estimate of drug-likeness (QED) is 0.745. The molecule has 20 heavy (non-hydrogen) atoms. The Morgan fingerprint density at radius 2 is 1.95 bits per heavy atom. The van der Waals surface area contributed by atoms with E-state index in [0.717, 1.165) is 6.07 Å². The maximum atomic E-state index is 13.3. The number of nitrogens with one attached hydrogen (secondary N) is 1. The zero-order chi connectivity index (χ0) is 14.7. The first-order valence-electron chi connectivity index (χ1n) is 5.62. The molecule has 0 radical (unpaired) electrons. The first kappa shape index (κ1) is 13.4. The second-order valence-electron chi connectivity index (χ2n) is 3.97. The number of nitrogen functional groups attached to an aromatic ring is 1. The van der Waals surface area contributed by atoms with Gasteiger partial charge >= 0.3 is 5.97 Å². The molecule has 0 spiro atoms. The second kappa shape index (κ2) is 5.28. The Balaban J connectivity index is 2.52. The monoisotopic (exact) mass is 271 g/mol. The van der Waals surface area contributed by atoms with Crippen molar-refractivity contribution in [3.63, 3.8) is 0 Å². The van der Waals surface area contributed by atoms with Crippen molar-refractivity contribution in [3.8, 4) is 6.07 Å². The average molecular weight is 271 g/mol. The number of nitriles is 1. The molecule has 0 aliphatic heterocycles. The van der Waals surface area contributed by atoms with Gasteiger partial charge in [0.05, 0.1) is 22.6 Å². The first-order chi connectivity index (χ1) is 9.54. The maximum absolute atomic E-state index is 13.3. The first-order valence-corrected chi connectivity index (χ1v) is 5.62. The van der Waals surface area contributed by atoms with Gasteiger partial charge in [0.1, 0.15) is 17.4 Å². The van der Waals surface area contributed by atoms with Crippen LogP contribution >= 0.6 is 0 Å². The molecule has 6 heteroatoms. The highest BCUT2D eigenvalue weighted by molar-refractivity contribution is 6.01. The third-order valence-electron chi connectivity index (χ3n) is 2.72. The van der Waals surface area contributed by atoms with Crippen molar-refractivity contribution in [3.05, 3.63) is 53.3 Å². The van der Waals surface area contributed by atoms with E-state index in [1.54, 1.807) is 24.3 Å². The minimum absolute atomic E-state index is 0.124. The molecule has 0 saturated carbocycles. The van der Waals surface area contributed by atoms with Crippen LogP contribution in [0.5, 0.6) is 0 Å². The molecule has 0 atom stereocenters. The summed E-state index contributed by atoms with van der Waals surface area (Å²) in [5.74, 6) is -2.15. The van der Waals surface area contributed by atoms with Gasteiger partial charge in [-0.25, -0.2) is 9.18 Å². The summed E-state index contributed by atoms with van der Waals surface area (Å²) in [5, 5.41) is 20.9. The van der Waals surface area contributed by atoms with Crippen LogP contribution in [0.1, 0.15) is 15.9 Å². The molecule has 0 aromatic heterocycles. The Hall–Kier alpha value is -3.07. The molecule has 0 unspecified atom stereocenters. The molecular formula is C14H10FN3O2. The van der Waals surface area contributed by atoms with Gasteiger partial charge in [0.25, 0.3) is 0 Å². The van der Waals surface area contributed by atoms with Gasteiger partial charge < -0.3 is 16.2 Å². The molecule has 0 heterocycles. The van der Waals surface area contributed by atoms with Crippen LogP contribution in [-0.4, -0.2) is 11.1 Å². The molecule has 100 valence electrons. The predicted octanol–water partition coefficient (Wildman–Crippen LogP) is 2.72. The summed E-state index contributed by atoms with van der Waals surface area (Å²) in [6.07, 6.45) is 0. The van der Waals surface area contributed by atoms with Crippen molar-refractivity contribution >= 4 is 23.0 Å². The van der Waals surface area contributed by atoms with Gasteiger partial charge in [-0.05, 0) is 24.3 Å². The van der Waals surface area contributed by atoms with Crippen LogP contribution in [0.15, 0.2) is 36.4 Å². The molecule has 2 aromatic rings. The number of aromatic carboxylic acids is 1. The molecule has 5 nitrogen and oxygen atoms in total. The van der Waals surface area contributed by atoms with E-state index >= 15 is 0 Å². The van der Waals surface area contributed by atoms with E-state index in [1.165, 1.54) is 6.07 Å². The SMILES string of the molecule is N#Cc1ccccc1Nc1ccc(F)c(N)c1C(=O)O. The van der Waals surface area contributed by atoms with Crippen LogP contribution in [0.2, 0.25) is 0 Å². The lowest BCUT2D eigenvalue weighted by Gasteiger charge is -2.12. The van der Waals surface area contributed by atoms with Crippen molar-refractivity contribution in [2.45, 2.75) is 0 Å². The highest BCUT2D eigenvalue weighted by Gasteiger charge is 2.18. The smallest absolute Gasteiger partial charge is 0.340 e. The van der Waals surface area contributed by atoms with Crippen LogP contribution in [0, 0.1) is 17.1 Å². The number of hydrogen-bond acceptors (Lipinski definition) is 4. The van der Waals surface area contributed by atoms with Crippen molar-refractivity contribution in [1.29, 1.82) is 5.26 Å². The van der Waals surface area contributed by atoms with E-state index in [2.05, 4.69) is 5.32 Å². The van der Waals surface area contributed by atoms with Gasteiger partial charge in [-0.1, -0.05) is 12.1 Å². The normalized spacial score (nSPS) is 9.80. The van der Waals surface area contributed by atoms with E-state index in [4.69, 9.17) is 16.1 Å². The number of halogens is 1. The zero-order valence-corrected chi connectivity index (χ0v) is 10.2. The Morgan fingerprint density at radius 3 is 2.60 bits per heavy atom. The Kier molecular flexibility index (Phi) is 3.53. The summed E-state index contributed by atoms with van der Waals surface area (Å²) in [6.45, 7) is 0. The molecule has 2 aromatic carbocycles. The number of anilines is 3. The number of hydrogen-bond donors (Lipinski definition) is 3. The Bertz CT molecular complexity index is 723. The minimum atomic E-state index is -1.35. The molecule has 0 amide bonds. The van der Waals surface area contributed by atoms with Gasteiger partial charge in [-0.15, -0.1) is 0 Å². The number of carbonyl (C=O) groups is 1. The zero-order valence-electron chi connectivity index (χ0n) is 10.2. The number of benzene rings is 2. The highest BCUT2D eigenvalue weighted by Crippen LogP contribution is 2.29. The van der Waals surface area contributed by atoms with Crippen LogP contribution in [0.3, 0.4) is 0 Å². The van der Waals surface area contributed by atoms with Gasteiger partial charge in [0, 0.05) is 0 Å². The van der Waals surface area contributed by atoms with E-state index in [-0.39, 0.29) is 11.3 Å². The molecule has 2 rings (SSSR count). The van der Waals surface area contributed by atoms with Crippen molar-refractivity contribution in [2.75, 3.05) is 11.1 Å². The van der Waals surface area contributed by atoms with Crippen molar-refractivity contribution in [1.82, 2.24) is 0 Å². The summed E-state index contributed by atoms with van der Waals surface area (Å²) >= 11 is 0. The van der Waals surface area contributed by atoms with Gasteiger partial charge in [-0.3, -0.25) is 0 Å². The van der Waals surface area contributed by atoms with Crippen LogP contribution < -0.4 is 11.1 Å². The van der Waals surface area contributed by atoms with E-state index < -0.39 is 17.5 Å². The number of nitrogens with zero attached hydrogens (tertiary/aromatic N) is 1. The standard InChI is InChI=1S/C14H10FN3O2/c15-9-5-6-11(12(13(9)17)14(19)20)18-10-4-2-1-3-8(10)7-16/h1-6,18H,17H2,(H,19,20). The fourth-order valence-electron chi connectivity index (χ4n) is 1.76. The lowest BCUT2D eigenvalue weighted by atomic mass is 10.1. The molecule has 0 fully saturated rings. The van der Waals surface area contributed by atoms with Crippen molar-refractivity contribution in [2.24, 2.45) is 0 Å². The summed E-state index contributed by atoms with van der Waals surface area (Å²) in [5.41, 5.74) is 5.52. The number of nitrogens with two attached hydrogens (primary N) is 1. The molecular weight excluding hydrogens is 261 g/mol. The number of rotatable bonds is 3. The lowest BCUT2D eigenvalue weighted by molar-refractivity contribution is 0.0698. The Labute approximate surface area is 114 Å². The van der Waals surface area contributed by atoms with Crippen LogP contribution in [0.25, 0.3) is 0 Å². The second-order valence-corrected chi connectivity index (χ2v) is 3.97. The fourth-order valence-corrected chi connectivity index (χ4v) is 1.76.